The number of thiazole rings is 1. The average Bonchev–Trinajstić information content (AvgIpc) is 3.27. The molecule has 1 atom stereocenters. The minimum Gasteiger partial charge on any atom is -0.342 e. The van der Waals surface area contributed by atoms with E-state index in [1.54, 1.807) is 9.80 Å². The van der Waals surface area contributed by atoms with E-state index < -0.39 is 4.92 Å². The summed E-state index contributed by atoms with van der Waals surface area (Å²) < 4.78 is 0. The first kappa shape index (κ1) is 21.2. The van der Waals surface area contributed by atoms with Gasteiger partial charge in [-0.25, -0.2) is 4.98 Å². The molecular formula is C18H25N5O5S. The molecule has 158 valence electrons. The second-order valence-corrected chi connectivity index (χ2v) is 9.43. The average molecular weight is 423 g/mol. The van der Waals surface area contributed by atoms with E-state index in [-0.39, 0.29) is 51.6 Å². The van der Waals surface area contributed by atoms with E-state index in [4.69, 9.17) is 0 Å². The molecule has 1 aromatic heterocycles. The lowest BCUT2D eigenvalue weighted by atomic mass is 9.94. The summed E-state index contributed by atoms with van der Waals surface area (Å²) >= 11 is 0.815. The third-order valence-corrected chi connectivity index (χ3v) is 6.23. The van der Waals surface area contributed by atoms with Crippen LogP contribution in [-0.4, -0.2) is 62.6 Å². The number of carbonyl (C=O) groups excluding carboxylic acids is 3. The highest BCUT2D eigenvalue weighted by Crippen LogP contribution is 2.29. The molecule has 2 saturated heterocycles. The van der Waals surface area contributed by atoms with Gasteiger partial charge in [0.1, 0.15) is 6.20 Å². The molecule has 1 N–H and O–H groups in total. The second kappa shape index (κ2) is 8.05. The van der Waals surface area contributed by atoms with Crippen LogP contribution in [0.1, 0.15) is 40.0 Å². The van der Waals surface area contributed by atoms with Crippen LogP contribution in [0.3, 0.4) is 0 Å². The molecule has 1 unspecified atom stereocenters. The molecule has 3 amide bonds. The fourth-order valence-corrected chi connectivity index (χ4v) is 4.39. The Bertz CT molecular complexity index is 825. The molecule has 0 spiro atoms. The van der Waals surface area contributed by atoms with Gasteiger partial charge in [0, 0.05) is 37.5 Å². The monoisotopic (exact) mass is 423 g/mol. The first-order chi connectivity index (χ1) is 13.6. The Hall–Kier alpha value is -2.56. The standard InChI is InChI=1S/C18H25N5O5S/c1-18(2,3)22-10-12(8-13(22)24)16(26)21-6-4-11(5-7-21)15(25)20-17-19-9-14(29-17)23(27)28/h9,11-12H,4-8,10H2,1-3H3,(H,19,20,25). The molecule has 29 heavy (non-hydrogen) atoms. The third-order valence-electron chi connectivity index (χ3n) is 5.37. The van der Waals surface area contributed by atoms with E-state index in [0.717, 1.165) is 17.5 Å². The van der Waals surface area contributed by atoms with Gasteiger partial charge in [-0.2, -0.15) is 0 Å². The Kier molecular flexibility index (Phi) is 5.87. The summed E-state index contributed by atoms with van der Waals surface area (Å²) in [4.78, 5) is 55.0. The van der Waals surface area contributed by atoms with E-state index >= 15 is 0 Å². The van der Waals surface area contributed by atoms with Gasteiger partial charge in [0.25, 0.3) is 0 Å². The van der Waals surface area contributed by atoms with Crippen molar-refractivity contribution in [2.75, 3.05) is 25.0 Å². The number of hydrogen-bond donors (Lipinski definition) is 1. The predicted octanol–water partition coefficient (Wildman–Crippen LogP) is 1.88. The molecule has 0 aromatic carbocycles. The Labute approximate surface area is 172 Å². The number of hydrogen-bond acceptors (Lipinski definition) is 7. The fraction of sp³-hybridized carbons (Fsp3) is 0.667. The van der Waals surface area contributed by atoms with Crippen molar-refractivity contribution in [1.29, 1.82) is 0 Å². The summed E-state index contributed by atoms with van der Waals surface area (Å²) in [6.07, 6.45) is 2.37. The molecule has 3 rings (SSSR count). The smallest absolute Gasteiger partial charge is 0.342 e. The summed E-state index contributed by atoms with van der Waals surface area (Å²) in [6.45, 7) is 7.21. The van der Waals surface area contributed by atoms with Crippen molar-refractivity contribution in [3.8, 4) is 0 Å². The van der Waals surface area contributed by atoms with Gasteiger partial charge in [-0.05, 0) is 44.9 Å². The number of nitrogens with zero attached hydrogens (tertiary/aromatic N) is 4. The molecule has 0 saturated carbocycles. The highest BCUT2D eigenvalue weighted by atomic mass is 32.1. The molecule has 2 aliphatic heterocycles. The van der Waals surface area contributed by atoms with E-state index in [1.165, 1.54) is 0 Å². The second-order valence-electron chi connectivity index (χ2n) is 8.43. The first-order valence-corrected chi connectivity index (χ1v) is 10.4. The quantitative estimate of drug-likeness (QED) is 0.582. The number of aromatic nitrogens is 1. The minimum absolute atomic E-state index is 0.00246. The zero-order valence-corrected chi connectivity index (χ0v) is 17.5. The van der Waals surface area contributed by atoms with Gasteiger partial charge < -0.3 is 15.1 Å². The van der Waals surface area contributed by atoms with Gasteiger partial charge >= 0.3 is 5.00 Å². The number of likely N-dealkylation sites (tertiary alicyclic amines) is 2. The number of nitro groups is 1. The molecule has 0 radical (unpaired) electrons. The van der Waals surface area contributed by atoms with Crippen molar-refractivity contribution >= 4 is 39.2 Å². The van der Waals surface area contributed by atoms with Gasteiger partial charge in [0.2, 0.25) is 17.7 Å². The Balaban J connectivity index is 1.51. The zero-order valence-electron chi connectivity index (χ0n) is 16.7. The Morgan fingerprint density at radius 2 is 1.93 bits per heavy atom. The van der Waals surface area contributed by atoms with Crippen molar-refractivity contribution in [2.24, 2.45) is 11.8 Å². The summed E-state index contributed by atoms with van der Waals surface area (Å²) in [5.41, 5.74) is -0.303. The fourth-order valence-electron chi connectivity index (χ4n) is 3.76. The number of amides is 3. The molecule has 10 nitrogen and oxygen atoms in total. The maximum Gasteiger partial charge on any atom is 0.345 e. The molecule has 11 heteroatoms. The lowest BCUT2D eigenvalue weighted by molar-refractivity contribution is -0.380. The van der Waals surface area contributed by atoms with Gasteiger partial charge in [0.15, 0.2) is 5.13 Å². The highest BCUT2D eigenvalue weighted by molar-refractivity contribution is 7.18. The van der Waals surface area contributed by atoms with Crippen molar-refractivity contribution in [3.63, 3.8) is 0 Å². The number of nitrogens with one attached hydrogen (secondary N) is 1. The first-order valence-electron chi connectivity index (χ1n) is 9.56. The van der Waals surface area contributed by atoms with Gasteiger partial charge in [0.05, 0.1) is 10.8 Å². The number of carbonyl (C=O) groups is 3. The van der Waals surface area contributed by atoms with Gasteiger partial charge in [-0.15, -0.1) is 0 Å². The minimum atomic E-state index is -0.550. The van der Waals surface area contributed by atoms with Crippen LogP contribution in [0.15, 0.2) is 6.20 Å². The van der Waals surface area contributed by atoms with E-state index in [2.05, 4.69) is 10.3 Å². The van der Waals surface area contributed by atoms with E-state index in [1.807, 2.05) is 20.8 Å². The summed E-state index contributed by atoms with van der Waals surface area (Å²) in [6, 6.07) is 0. The van der Waals surface area contributed by atoms with Crippen LogP contribution < -0.4 is 5.32 Å². The topological polar surface area (TPSA) is 126 Å². The number of piperidine rings is 1. The largest absolute Gasteiger partial charge is 0.345 e. The van der Waals surface area contributed by atoms with Gasteiger partial charge in [-0.3, -0.25) is 24.5 Å². The van der Waals surface area contributed by atoms with Crippen LogP contribution >= 0.6 is 11.3 Å². The Morgan fingerprint density at radius 3 is 2.45 bits per heavy atom. The van der Waals surface area contributed by atoms with Crippen LogP contribution in [0.25, 0.3) is 0 Å². The predicted molar refractivity (Wildman–Crippen MR) is 106 cm³/mol. The Morgan fingerprint density at radius 1 is 1.28 bits per heavy atom. The van der Waals surface area contributed by atoms with Crippen LogP contribution in [0, 0.1) is 22.0 Å². The van der Waals surface area contributed by atoms with Crippen LogP contribution in [-0.2, 0) is 14.4 Å². The maximum absolute atomic E-state index is 12.8. The number of anilines is 1. The normalized spacial score (nSPS) is 20.8. The van der Waals surface area contributed by atoms with Crippen molar-refractivity contribution in [2.45, 2.75) is 45.6 Å². The maximum atomic E-state index is 12.8. The zero-order chi connectivity index (χ0) is 21.3. The third kappa shape index (κ3) is 4.72. The molecule has 2 aliphatic rings. The lowest BCUT2D eigenvalue weighted by Crippen LogP contribution is -2.46. The summed E-state index contributed by atoms with van der Waals surface area (Å²) in [5.74, 6) is -0.875. The van der Waals surface area contributed by atoms with Gasteiger partial charge in [-0.1, -0.05) is 0 Å². The van der Waals surface area contributed by atoms with E-state index in [0.29, 0.717) is 32.5 Å². The molecule has 0 aliphatic carbocycles. The molecule has 2 fully saturated rings. The van der Waals surface area contributed by atoms with E-state index in [9.17, 15) is 24.5 Å². The summed E-state index contributed by atoms with van der Waals surface area (Å²) in [5, 5.41) is 13.4. The van der Waals surface area contributed by atoms with Crippen LogP contribution in [0.2, 0.25) is 0 Å². The molecule has 0 bridgehead atoms. The van der Waals surface area contributed by atoms with Crippen LogP contribution in [0.5, 0.6) is 0 Å². The van der Waals surface area contributed by atoms with Crippen molar-refractivity contribution in [3.05, 3.63) is 16.3 Å². The van der Waals surface area contributed by atoms with Crippen molar-refractivity contribution in [1.82, 2.24) is 14.8 Å². The SMILES string of the molecule is CC(C)(C)N1CC(C(=O)N2CCC(C(=O)Nc3ncc([N+](=O)[O-])s3)CC2)CC1=O. The highest BCUT2D eigenvalue weighted by Gasteiger charge is 2.41. The van der Waals surface area contributed by atoms with Crippen LogP contribution in [0.4, 0.5) is 10.1 Å². The molecular weight excluding hydrogens is 398 g/mol. The number of rotatable bonds is 4. The lowest BCUT2D eigenvalue weighted by Gasteiger charge is -2.34. The molecule has 3 heterocycles. The van der Waals surface area contributed by atoms with Crippen molar-refractivity contribution < 1.29 is 19.3 Å². The summed E-state index contributed by atoms with van der Waals surface area (Å²) in [7, 11) is 0. The molecule has 1 aromatic rings.